The van der Waals surface area contributed by atoms with E-state index in [1.165, 1.54) is 103 Å². The van der Waals surface area contributed by atoms with Crippen LogP contribution in [0.2, 0.25) is 0 Å². The normalized spacial score (nSPS) is 12.9. The maximum Gasteiger partial charge on any atom is 0.306 e. The number of hydrogen-bond donors (Lipinski definition) is 0. The predicted molar refractivity (Wildman–Crippen MR) is 219 cm³/mol. The van der Waals surface area contributed by atoms with Crippen LogP contribution in [0.25, 0.3) is 0 Å². The highest BCUT2D eigenvalue weighted by Crippen LogP contribution is 2.46. The molecule has 7 nitrogen and oxygen atoms in total. The molecule has 0 aromatic heterocycles. The van der Waals surface area contributed by atoms with Crippen LogP contribution in [0.5, 0.6) is 0 Å². The lowest BCUT2D eigenvalue weighted by Crippen LogP contribution is -2.35. The highest BCUT2D eigenvalue weighted by atomic mass is 31.2. The molecular formula is C44H80NO6P. The minimum Gasteiger partial charge on any atom is -0.462 e. The number of carbonyl (C=O) groups is 2. The molecule has 0 heterocycles. The number of nitrogens with zero attached hydrogens (tertiary/aromatic N) is 1. The minimum atomic E-state index is -1.46. The first-order valence-corrected chi connectivity index (χ1v) is 22.6. The third kappa shape index (κ3) is 27.1. The van der Waals surface area contributed by atoms with Gasteiger partial charge in [-0.1, -0.05) is 173 Å². The first kappa shape index (κ1) is 48.5. The largest absolute Gasteiger partial charge is 0.462 e. The second-order valence-corrected chi connectivity index (χ2v) is 16.7. The van der Waals surface area contributed by atoms with Crippen molar-refractivity contribution in [2.75, 3.05) is 13.2 Å². The topological polar surface area (TPSA) is 74.3 Å². The Morgan fingerprint density at radius 3 is 1.42 bits per heavy atom. The van der Waals surface area contributed by atoms with Crippen molar-refractivity contribution in [1.29, 1.82) is 0 Å². The maximum atomic E-state index is 13.0. The average molecular weight is 750 g/mol. The van der Waals surface area contributed by atoms with Crippen molar-refractivity contribution in [2.45, 2.75) is 220 Å². The van der Waals surface area contributed by atoms with Gasteiger partial charge < -0.3 is 18.5 Å². The maximum absolute atomic E-state index is 13.0. The minimum absolute atomic E-state index is 0.00786. The van der Waals surface area contributed by atoms with Crippen LogP contribution in [0.15, 0.2) is 30.3 Å². The standard InChI is InChI=1S/C44H80NO6P/c1-7-9-11-13-15-17-19-21-23-25-30-34-43(46)48-37-42(51-44(47)35-31-26-24-22-20-18-16-14-12-10-8-2)38-50-52(45(39(3)4)40(5)6)49-36-41-32-28-27-29-33-41/h27-29,32-33,39-40,42H,7-26,30-31,34-38H2,1-6H3/t42-,52?/m0/s1. The molecule has 0 saturated carbocycles. The van der Waals surface area contributed by atoms with E-state index in [1.54, 1.807) is 0 Å². The summed E-state index contributed by atoms with van der Waals surface area (Å²) in [7, 11) is -1.46. The molecule has 1 unspecified atom stereocenters. The van der Waals surface area contributed by atoms with Crippen molar-refractivity contribution in [3.8, 4) is 0 Å². The van der Waals surface area contributed by atoms with Gasteiger partial charge >= 0.3 is 11.9 Å². The van der Waals surface area contributed by atoms with Crippen molar-refractivity contribution in [1.82, 2.24) is 4.67 Å². The summed E-state index contributed by atoms with van der Waals surface area (Å²) in [4.78, 5) is 25.7. The number of hydrogen-bond acceptors (Lipinski definition) is 7. The second-order valence-electron chi connectivity index (χ2n) is 15.2. The van der Waals surface area contributed by atoms with Crippen LogP contribution in [-0.2, 0) is 34.7 Å². The highest BCUT2D eigenvalue weighted by molar-refractivity contribution is 7.44. The quantitative estimate of drug-likeness (QED) is 0.0384. The Bertz CT molecular complexity index is 953. The van der Waals surface area contributed by atoms with Crippen molar-refractivity contribution < 1.29 is 28.1 Å². The summed E-state index contributed by atoms with van der Waals surface area (Å²) in [5.41, 5.74) is 1.07. The lowest BCUT2D eigenvalue weighted by molar-refractivity contribution is -0.161. The molecule has 0 bridgehead atoms. The first-order chi connectivity index (χ1) is 25.3. The molecule has 0 radical (unpaired) electrons. The summed E-state index contributed by atoms with van der Waals surface area (Å²) < 4.78 is 26.6. The highest BCUT2D eigenvalue weighted by Gasteiger charge is 2.29. The molecule has 2 atom stereocenters. The Morgan fingerprint density at radius 1 is 0.558 bits per heavy atom. The molecular weight excluding hydrogens is 669 g/mol. The fourth-order valence-corrected chi connectivity index (χ4v) is 8.13. The summed E-state index contributed by atoms with van der Waals surface area (Å²) in [5.74, 6) is -0.499. The molecule has 0 aliphatic rings. The molecule has 302 valence electrons. The van der Waals surface area contributed by atoms with Gasteiger partial charge in [-0.3, -0.25) is 9.59 Å². The van der Waals surface area contributed by atoms with E-state index in [4.69, 9.17) is 18.5 Å². The SMILES string of the molecule is CCCCCCCCCCCCCC(=O)OC[C@@H](COP(OCc1ccccc1)N(C(C)C)C(C)C)OC(=O)CCCCCCCCCCCCC. The molecule has 0 aliphatic heterocycles. The van der Waals surface area contributed by atoms with Gasteiger partial charge in [-0.2, -0.15) is 0 Å². The summed E-state index contributed by atoms with van der Waals surface area (Å²) >= 11 is 0. The van der Waals surface area contributed by atoms with Crippen LogP contribution in [-0.4, -0.2) is 48.0 Å². The van der Waals surface area contributed by atoms with Crippen LogP contribution in [0, 0.1) is 0 Å². The monoisotopic (exact) mass is 750 g/mol. The zero-order valence-corrected chi connectivity index (χ0v) is 35.4. The van der Waals surface area contributed by atoms with E-state index < -0.39 is 14.6 Å². The molecule has 0 saturated heterocycles. The van der Waals surface area contributed by atoms with Crippen molar-refractivity contribution in [3.05, 3.63) is 35.9 Å². The first-order valence-electron chi connectivity index (χ1n) is 21.5. The van der Waals surface area contributed by atoms with Gasteiger partial charge in [-0.25, -0.2) is 4.67 Å². The van der Waals surface area contributed by atoms with Gasteiger partial charge in [0.15, 0.2) is 6.10 Å². The number of ether oxygens (including phenoxy) is 2. The van der Waals surface area contributed by atoms with E-state index in [-0.39, 0.29) is 37.2 Å². The van der Waals surface area contributed by atoms with E-state index in [0.717, 1.165) is 44.1 Å². The molecule has 0 amide bonds. The number of rotatable bonds is 36. The van der Waals surface area contributed by atoms with Crippen LogP contribution in [0.1, 0.15) is 201 Å². The van der Waals surface area contributed by atoms with E-state index in [2.05, 4.69) is 46.2 Å². The van der Waals surface area contributed by atoms with Crippen LogP contribution in [0.3, 0.4) is 0 Å². The lowest BCUT2D eigenvalue weighted by Gasteiger charge is -2.36. The zero-order valence-electron chi connectivity index (χ0n) is 34.6. The Morgan fingerprint density at radius 2 is 0.981 bits per heavy atom. The van der Waals surface area contributed by atoms with E-state index in [9.17, 15) is 9.59 Å². The van der Waals surface area contributed by atoms with E-state index >= 15 is 0 Å². The molecule has 0 spiro atoms. The van der Waals surface area contributed by atoms with Crippen molar-refractivity contribution in [2.24, 2.45) is 0 Å². The summed E-state index contributed by atoms with van der Waals surface area (Å²) in [6, 6.07) is 10.4. The Hall–Kier alpha value is -1.53. The fraction of sp³-hybridized carbons (Fsp3) is 0.818. The zero-order chi connectivity index (χ0) is 38.1. The molecule has 0 N–H and O–H groups in total. The number of benzene rings is 1. The third-order valence-electron chi connectivity index (χ3n) is 9.50. The molecule has 52 heavy (non-hydrogen) atoms. The van der Waals surface area contributed by atoms with Gasteiger partial charge in [0.2, 0.25) is 0 Å². The molecule has 1 rings (SSSR count). The van der Waals surface area contributed by atoms with Crippen molar-refractivity contribution in [3.63, 3.8) is 0 Å². The van der Waals surface area contributed by atoms with Crippen LogP contribution < -0.4 is 0 Å². The van der Waals surface area contributed by atoms with Crippen LogP contribution in [0.4, 0.5) is 0 Å². The Kier molecular flexibility index (Phi) is 31.7. The van der Waals surface area contributed by atoms with Gasteiger partial charge in [-0.05, 0) is 46.1 Å². The Balaban J connectivity index is 2.62. The Labute approximate surface area is 322 Å². The lowest BCUT2D eigenvalue weighted by atomic mass is 10.1. The van der Waals surface area contributed by atoms with Gasteiger partial charge in [0.05, 0.1) is 13.2 Å². The van der Waals surface area contributed by atoms with Crippen molar-refractivity contribution >= 4 is 20.5 Å². The predicted octanol–water partition coefficient (Wildman–Crippen LogP) is 13.4. The van der Waals surface area contributed by atoms with Gasteiger partial charge in [0.25, 0.3) is 8.53 Å². The van der Waals surface area contributed by atoms with Gasteiger partial charge in [0.1, 0.15) is 6.61 Å². The molecule has 1 aromatic carbocycles. The van der Waals surface area contributed by atoms with E-state index in [0.29, 0.717) is 19.4 Å². The summed E-state index contributed by atoms with van der Waals surface area (Å²) in [5, 5.41) is 0. The molecule has 0 aliphatic carbocycles. The van der Waals surface area contributed by atoms with Crippen LogP contribution >= 0.6 is 8.53 Å². The second kappa shape index (κ2) is 34.0. The molecule has 0 fully saturated rings. The molecule has 1 aromatic rings. The average Bonchev–Trinajstić information content (AvgIpc) is 3.12. The summed E-state index contributed by atoms with van der Waals surface area (Å²) in [6.45, 7) is 13.5. The number of carbonyl (C=O) groups excluding carboxylic acids is 2. The summed E-state index contributed by atoms with van der Waals surface area (Å²) in [6.07, 6.45) is 27.1. The third-order valence-corrected chi connectivity index (χ3v) is 11.5. The fourth-order valence-electron chi connectivity index (χ4n) is 6.48. The smallest absolute Gasteiger partial charge is 0.306 e. The molecule has 8 heteroatoms. The number of esters is 2. The number of unbranched alkanes of at least 4 members (excludes halogenated alkanes) is 20. The van der Waals surface area contributed by atoms with E-state index in [1.807, 2.05) is 30.3 Å². The van der Waals surface area contributed by atoms with Gasteiger partial charge in [0, 0.05) is 24.9 Å². The van der Waals surface area contributed by atoms with Gasteiger partial charge in [-0.15, -0.1) is 0 Å².